The molecular formula is C43H53ClN12O4. The fraction of sp³-hybridized carbons (Fsp3) is 0.488. The monoisotopic (exact) mass is 836 g/mol. The number of imidazole rings is 1. The van der Waals surface area contributed by atoms with Crippen molar-refractivity contribution in [2.75, 3.05) is 99.1 Å². The number of imide groups is 1. The molecule has 1 aliphatic carbocycles. The van der Waals surface area contributed by atoms with E-state index in [1.54, 1.807) is 18.2 Å². The van der Waals surface area contributed by atoms with E-state index in [2.05, 4.69) is 53.4 Å². The van der Waals surface area contributed by atoms with Crippen LogP contribution in [0.3, 0.4) is 0 Å². The number of fused-ring (bicyclic) bond motifs is 2. The average Bonchev–Trinajstić information content (AvgIpc) is 3.96. The molecule has 17 heteroatoms. The molecule has 16 nitrogen and oxygen atoms in total. The predicted molar refractivity (Wildman–Crippen MR) is 232 cm³/mol. The number of amides is 5. The number of carbonyl (C=O) groups excluding carboxylic acids is 4. The van der Waals surface area contributed by atoms with Gasteiger partial charge in [0, 0.05) is 126 Å². The molecule has 4 saturated heterocycles. The van der Waals surface area contributed by atoms with E-state index in [4.69, 9.17) is 22.4 Å². The smallest absolute Gasteiger partial charge is 0.328 e. The lowest BCUT2D eigenvalue weighted by Gasteiger charge is -2.47. The van der Waals surface area contributed by atoms with Crippen LogP contribution in [0.4, 0.5) is 33.4 Å². The SMILES string of the molecule is C1CC1.CNc1cc(N2CCc3c(N4CC(CN5CCN(C6CCN(C(=O)c7ccc(Cl)c(N8CCC(=O)NC8=O)c7)CC6)CC5)C4)cccc32)nn2c(C(N)=O)cnc12. The first-order valence-corrected chi connectivity index (χ1v) is 21.7. The molecule has 0 radical (unpaired) electrons. The van der Waals surface area contributed by atoms with Crippen molar-refractivity contribution < 1.29 is 19.2 Å². The molecule has 2 aromatic carbocycles. The summed E-state index contributed by atoms with van der Waals surface area (Å²) in [4.78, 5) is 67.3. The van der Waals surface area contributed by atoms with Gasteiger partial charge >= 0.3 is 6.03 Å². The summed E-state index contributed by atoms with van der Waals surface area (Å²) in [5.74, 6) is 0.406. The second-order valence-corrected chi connectivity index (χ2v) is 17.1. The summed E-state index contributed by atoms with van der Waals surface area (Å²) in [5.41, 5.74) is 11.9. The van der Waals surface area contributed by atoms with E-state index in [0.717, 1.165) is 88.8 Å². The molecule has 0 atom stereocenters. The number of aromatic nitrogens is 3. The van der Waals surface area contributed by atoms with E-state index in [9.17, 15) is 19.2 Å². The molecule has 0 spiro atoms. The topological polar surface area (TPSA) is 168 Å². The van der Waals surface area contributed by atoms with Gasteiger partial charge in [-0.25, -0.2) is 14.3 Å². The summed E-state index contributed by atoms with van der Waals surface area (Å²) in [5, 5.41) is 10.7. The van der Waals surface area contributed by atoms with Crippen LogP contribution in [0.15, 0.2) is 48.7 Å². The van der Waals surface area contributed by atoms with Crippen molar-refractivity contribution in [3.05, 3.63) is 70.5 Å². The lowest BCUT2D eigenvalue weighted by atomic mass is 9.96. The van der Waals surface area contributed by atoms with Gasteiger partial charge in [0.05, 0.1) is 22.6 Å². The highest BCUT2D eigenvalue weighted by Crippen LogP contribution is 2.42. The summed E-state index contributed by atoms with van der Waals surface area (Å²) in [6, 6.07) is 13.4. The van der Waals surface area contributed by atoms with Crippen LogP contribution in [-0.2, 0) is 11.2 Å². The van der Waals surface area contributed by atoms with Gasteiger partial charge in [-0.15, -0.1) is 5.10 Å². The third-order valence-electron chi connectivity index (χ3n) is 12.6. The van der Waals surface area contributed by atoms with Crippen molar-refractivity contribution in [1.82, 2.24) is 34.6 Å². The number of carbonyl (C=O) groups is 4. The Hall–Kier alpha value is -5.45. The zero-order chi connectivity index (χ0) is 41.5. The van der Waals surface area contributed by atoms with Crippen LogP contribution in [0.1, 0.15) is 64.9 Å². The second kappa shape index (κ2) is 16.9. The Bertz CT molecular complexity index is 2290. The normalized spacial score (nSPS) is 20.1. The first-order valence-electron chi connectivity index (χ1n) is 21.3. The second-order valence-electron chi connectivity index (χ2n) is 16.7. The number of hydrogen-bond acceptors (Lipinski definition) is 11. The molecule has 7 heterocycles. The third kappa shape index (κ3) is 8.07. The maximum atomic E-state index is 13.5. The Morgan fingerprint density at radius 3 is 2.32 bits per heavy atom. The fourth-order valence-corrected chi connectivity index (χ4v) is 9.43. The van der Waals surface area contributed by atoms with Gasteiger partial charge in [-0.1, -0.05) is 36.9 Å². The summed E-state index contributed by atoms with van der Waals surface area (Å²) >= 11 is 6.42. The van der Waals surface area contributed by atoms with Crippen molar-refractivity contribution in [3.63, 3.8) is 0 Å². The highest BCUT2D eigenvalue weighted by atomic mass is 35.5. The van der Waals surface area contributed by atoms with Gasteiger partial charge in [0.25, 0.3) is 11.8 Å². The van der Waals surface area contributed by atoms with Crippen LogP contribution >= 0.6 is 11.6 Å². The number of hydrogen-bond donors (Lipinski definition) is 3. The molecule has 5 aliphatic heterocycles. The van der Waals surface area contributed by atoms with Crippen molar-refractivity contribution in [2.24, 2.45) is 11.7 Å². The lowest BCUT2D eigenvalue weighted by Crippen LogP contribution is -2.57. The highest BCUT2D eigenvalue weighted by molar-refractivity contribution is 6.34. The fourth-order valence-electron chi connectivity index (χ4n) is 9.21. The molecule has 5 fully saturated rings. The number of nitrogens with zero attached hydrogens (tertiary/aromatic N) is 9. The number of urea groups is 1. The minimum absolute atomic E-state index is 0.0650. The maximum Gasteiger partial charge on any atom is 0.328 e. The first kappa shape index (κ1) is 40.0. The van der Waals surface area contributed by atoms with Crippen LogP contribution in [0.25, 0.3) is 5.65 Å². The molecule has 4 N–H and O–H groups in total. The molecule has 10 rings (SSSR count). The molecule has 316 valence electrons. The van der Waals surface area contributed by atoms with Gasteiger partial charge in [0.2, 0.25) is 5.91 Å². The van der Waals surface area contributed by atoms with Crippen LogP contribution in [-0.4, -0.2) is 138 Å². The van der Waals surface area contributed by atoms with Gasteiger partial charge in [-0.05, 0) is 49.6 Å². The number of anilines is 5. The van der Waals surface area contributed by atoms with Gasteiger partial charge < -0.3 is 30.7 Å². The Morgan fingerprint density at radius 2 is 1.62 bits per heavy atom. The summed E-state index contributed by atoms with van der Waals surface area (Å²) in [7, 11) is 1.83. The number of likely N-dealkylation sites (tertiary alicyclic amines) is 1. The van der Waals surface area contributed by atoms with E-state index >= 15 is 0 Å². The largest absolute Gasteiger partial charge is 0.385 e. The molecule has 6 aliphatic rings. The van der Waals surface area contributed by atoms with E-state index in [1.165, 1.54) is 46.1 Å². The molecule has 2 aromatic heterocycles. The van der Waals surface area contributed by atoms with E-state index < -0.39 is 11.9 Å². The van der Waals surface area contributed by atoms with Crippen molar-refractivity contribution in [1.29, 1.82) is 0 Å². The van der Waals surface area contributed by atoms with Crippen molar-refractivity contribution in [2.45, 2.75) is 51.0 Å². The Morgan fingerprint density at radius 1 is 0.883 bits per heavy atom. The summed E-state index contributed by atoms with van der Waals surface area (Å²) in [6.07, 6.45) is 8.92. The molecule has 5 amide bonds. The Kier molecular flexibility index (Phi) is 11.3. The van der Waals surface area contributed by atoms with Gasteiger partial charge in [-0.2, -0.15) is 0 Å². The highest BCUT2D eigenvalue weighted by Gasteiger charge is 2.36. The minimum Gasteiger partial charge on any atom is -0.385 e. The average molecular weight is 837 g/mol. The number of benzene rings is 2. The van der Waals surface area contributed by atoms with E-state index in [-0.39, 0.29) is 30.5 Å². The van der Waals surface area contributed by atoms with Crippen LogP contribution in [0.5, 0.6) is 0 Å². The van der Waals surface area contributed by atoms with Crippen molar-refractivity contribution in [3.8, 4) is 0 Å². The Balaban J connectivity index is 0.00000148. The van der Waals surface area contributed by atoms with E-state index in [1.807, 2.05) is 18.0 Å². The zero-order valence-electron chi connectivity index (χ0n) is 34.1. The number of piperazine rings is 1. The lowest BCUT2D eigenvalue weighted by molar-refractivity contribution is -0.120. The molecule has 0 bridgehead atoms. The minimum atomic E-state index is -0.570. The van der Waals surface area contributed by atoms with Crippen LogP contribution < -0.4 is 31.1 Å². The first-order chi connectivity index (χ1) is 29.1. The number of primary amides is 1. The molecule has 1 saturated carbocycles. The molecule has 4 aromatic rings. The predicted octanol–water partition coefficient (Wildman–Crippen LogP) is 4.19. The van der Waals surface area contributed by atoms with Crippen molar-refractivity contribution >= 4 is 69.6 Å². The van der Waals surface area contributed by atoms with Gasteiger partial charge in [-0.3, -0.25) is 29.5 Å². The molecule has 60 heavy (non-hydrogen) atoms. The summed E-state index contributed by atoms with van der Waals surface area (Å²) < 4.78 is 1.53. The van der Waals surface area contributed by atoms with Gasteiger partial charge in [0.1, 0.15) is 5.69 Å². The maximum absolute atomic E-state index is 13.5. The molecule has 0 unspecified atom stereocenters. The van der Waals surface area contributed by atoms with E-state index in [0.29, 0.717) is 47.0 Å². The Labute approximate surface area is 354 Å². The number of rotatable bonds is 9. The summed E-state index contributed by atoms with van der Waals surface area (Å²) in [6.45, 7) is 9.72. The number of halogens is 1. The standard InChI is InChI=1S/C40H47ClN12O4.C3H6/c1-43-30-20-35(46-53-34(37(42)55)21-44-38(30)53)51-13-9-28-31(3-2-4-32(28)51)50-23-25(24-50)22-47-15-17-48(18-16-47)27-7-11-49(12-8-27)39(56)26-5-6-29(41)33(19-26)52-14-10-36(54)45-40(52)57;1-2-3-1/h2-6,19-21,25,27,43H,7-18,22-24H2,1H3,(H2,42,55)(H,45,54,57);1-3H2. The number of piperidine rings is 1. The zero-order valence-corrected chi connectivity index (χ0v) is 34.9. The van der Waals surface area contributed by atoms with Crippen LogP contribution in [0.2, 0.25) is 5.02 Å². The van der Waals surface area contributed by atoms with Gasteiger partial charge in [0.15, 0.2) is 11.5 Å². The number of nitrogens with two attached hydrogens (primary N) is 1. The molecular weight excluding hydrogens is 784 g/mol. The number of nitrogens with one attached hydrogen (secondary N) is 2. The van der Waals surface area contributed by atoms with Crippen LogP contribution in [0, 0.1) is 5.92 Å². The third-order valence-corrected chi connectivity index (χ3v) is 13.0. The quantitative estimate of drug-likeness (QED) is 0.221.